The Morgan fingerprint density at radius 2 is 2.50 bits per heavy atom. The van der Waals surface area contributed by atoms with E-state index in [1.54, 1.807) is 23.3 Å². The second-order valence-corrected chi connectivity index (χ2v) is 3.56. The second-order valence-electron chi connectivity index (χ2n) is 3.56. The molecule has 1 unspecified atom stereocenters. The van der Waals surface area contributed by atoms with Gasteiger partial charge < -0.3 is 15.1 Å². The van der Waals surface area contributed by atoms with Crippen LogP contribution in [0.25, 0.3) is 0 Å². The van der Waals surface area contributed by atoms with E-state index in [2.05, 4.69) is 6.58 Å². The van der Waals surface area contributed by atoms with Crippen molar-refractivity contribution in [2.24, 2.45) is 5.73 Å². The first-order valence-corrected chi connectivity index (χ1v) is 5.36. The summed E-state index contributed by atoms with van der Waals surface area (Å²) in [6.45, 7) is 6.57. The number of amides is 1. The van der Waals surface area contributed by atoms with Gasteiger partial charge in [-0.15, -0.1) is 6.58 Å². The number of carbonyl (C=O) groups is 1. The predicted molar refractivity (Wildman–Crippen MR) is 62.6 cm³/mol. The highest BCUT2D eigenvalue weighted by Crippen LogP contribution is 2.07. The van der Waals surface area contributed by atoms with Crippen LogP contribution in [0.15, 0.2) is 35.5 Å². The predicted octanol–water partition coefficient (Wildman–Crippen LogP) is 1.53. The number of furan rings is 1. The summed E-state index contributed by atoms with van der Waals surface area (Å²) in [5, 5.41) is 0. The molecule has 1 aromatic rings. The van der Waals surface area contributed by atoms with E-state index >= 15 is 0 Å². The highest BCUT2D eigenvalue weighted by molar-refractivity contribution is 5.81. The van der Waals surface area contributed by atoms with Gasteiger partial charge in [0.05, 0.1) is 18.8 Å². The number of carbonyl (C=O) groups excluding carboxylic acids is 1. The van der Waals surface area contributed by atoms with Crippen molar-refractivity contribution in [1.29, 1.82) is 0 Å². The van der Waals surface area contributed by atoms with E-state index in [9.17, 15) is 4.79 Å². The van der Waals surface area contributed by atoms with Gasteiger partial charge in [0.2, 0.25) is 5.91 Å². The van der Waals surface area contributed by atoms with E-state index in [0.717, 1.165) is 5.76 Å². The largest absolute Gasteiger partial charge is 0.467 e. The number of nitrogens with zero attached hydrogens (tertiary/aromatic N) is 1. The molecule has 0 fully saturated rings. The van der Waals surface area contributed by atoms with Crippen LogP contribution in [0.2, 0.25) is 0 Å². The molecule has 0 aliphatic heterocycles. The van der Waals surface area contributed by atoms with Crippen molar-refractivity contribution in [3.05, 3.63) is 36.8 Å². The molecule has 1 amide bonds. The molecule has 2 N–H and O–H groups in total. The van der Waals surface area contributed by atoms with E-state index in [0.29, 0.717) is 19.5 Å². The molecule has 0 bridgehead atoms. The summed E-state index contributed by atoms with van der Waals surface area (Å²) in [6, 6.07) is 3.14. The summed E-state index contributed by atoms with van der Waals surface area (Å²) in [6.07, 6.45) is 3.74. The second kappa shape index (κ2) is 6.12. The highest BCUT2D eigenvalue weighted by atomic mass is 16.3. The maximum absolute atomic E-state index is 11.9. The summed E-state index contributed by atoms with van der Waals surface area (Å²) in [5.41, 5.74) is 5.74. The molecule has 1 rings (SSSR count). The number of rotatable bonds is 6. The zero-order chi connectivity index (χ0) is 12.0. The zero-order valence-electron chi connectivity index (χ0n) is 9.56. The lowest BCUT2D eigenvalue weighted by molar-refractivity contribution is -0.133. The Balaban J connectivity index is 2.59. The SMILES string of the molecule is C=CCC(N)C(=O)N(CC)Cc1ccco1. The van der Waals surface area contributed by atoms with Crippen molar-refractivity contribution in [3.8, 4) is 0 Å². The Morgan fingerprint density at radius 3 is 3.00 bits per heavy atom. The topological polar surface area (TPSA) is 59.5 Å². The van der Waals surface area contributed by atoms with Gasteiger partial charge in [0, 0.05) is 6.54 Å². The van der Waals surface area contributed by atoms with E-state index < -0.39 is 6.04 Å². The van der Waals surface area contributed by atoms with Crippen LogP contribution in [-0.2, 0) is 11.3 Å². The fourth-order valence-electron chi connectivity index (χ4n) is 1.45. The van der Waals surface area contributed by atoms with Crippen molar-refractivity contribution >= 4 is 5.91 Å². The number of likely N-dealkylation sites (N-methyl/N-ethyl adjacent to an activating group) is 1. The molecule has 16 heavy (non-hydrogen) atoms. The van der Waals surface area contributed by atoms with Crippen molar-refractivity contribution in [2.45, 2.75) is 25.9 Å². The Bertz CT molecular complexity index is 333. The molecule has 88 valence electrons. The van der Waals surface area contributed by atoms with Crippen LogP contribution in [0.3, 0.4) is 0 Å². The highest BCUT2D eigenvalue weighted by Gasteiger charge is 2.19. The summed E-state index contributed by atoms with van der Waals surface area (Å²) in [4.78, 5) is 13.6. The maximum atomic E-state index is 11.9. The molecule has 1 atom stereocenters. The third kappa shape index (κ3) is 3.24. The molecule has 0 aliphatic carbocycles. The average molecular weight is 222 g/mol. The summed E-state index contributed by atoms with van der Waals surface area (Å²) >= 11 is 0. The third-order valence-electron chi connectivity index (χ3n) is 2.36. The average Bonchev–Trinajstić information content (AvgIpc) is 2.78. The molecule has 0 aromatic carbocycles. The normalized spacial score (nSPS) is 12.1. The van der Waals surface area contributed by atoms with Gasteiger partial charge >= 0.3 is 0 Å². The first-order valence-electron chi connectivity index (χ1n) is 5.36. The summed E-state index contributed by atoms with van der Waals surface area (Å²) < 4.78 is 5.20. The van der Waals surface area contributed by atoms with Crippen LogP contribution in [0.5, 0.6) is 0 Å². The molecule has 1 heterocycles. The van der Waals surface area contributed by atoms with Crippen LogP contribution >= 0.6 is 0 Å². The third-order valence-corrected chi connectivity index (χ3v) is 2.36. The van der Waals surface area contributed by atoms with E-state index in [1.807, 2.05) is 13.0 Å². The standard InChI is InChI=1S/C12H18N2O2/c1-3-6-11(13)12(15)14(4-2)9-10-7-5-8-16-10/h3,5,7-8,11H,1,4,6,9,13H2,2H3. The fourth-order valence-corrected chi connectivity index (χ4v) is 1.45. The Hall–Kier alpha value is -1.55. The lowest BCUT2D eigenvalue weighted by Crippen LogP contribution is -2.43. The van der Waals surface area contributed by atoms with Gasteiger partial charge in [-0.2, -0.15) is 0 Å². The van der Waals surface area contributed by atoms with E-state index in [1.165, 1.54) is 0 Å². The van der Waals surface area contributed by atoms with Crippen molar-refractivity contribution in [1.82, 2.24) is 4.90 Å². The molecular formula is C12H18N2O2. The van der Waals surface area contributed by atoms with Crippen LogP contribution in [0, 0.1) is 0 Å². The molecule has 0 saturated heterocycles. The van der Waals surface area contributed by atoms with Gasteiger partial charge in [-0.05, 0) is 25.5 Å². The van der Waals surface area contributed by atoms with Crippen LogP contribution < -0.4 is 5.73 Å². The van der Waals surface area contributed by atoms with Crippen molar-refractivity contribution in [3.63, 3.8) is 0 Å². The Kier molecular flexibility index (Phi) is 4.79. The first kappa shape index (κ1) is 12.5. The van der Waals surface area contributed by atoms with E-state index in [-0.39, 0.29) is 5.91 Å². The minimum Gasteiger partial charge on any atom is -0.467 e. The molecule has 0 radical (unpaired) electrons. The molecule has 1 aromatic heterocycles. The lowest BCUT2D eigenvalue weighted by Gasteiger charge is -2.22. The Labute approximate surface area is 95.7 Å². The molecule has 4 heteroatoms. The lowest BCUT2D eigenvalue weighted by atomic mass is 10.2. The summed E-state index contributed by atoms with van der Waals surface area (Å²) in [5.74, 6) is 0.694. The van der Waals surface area contributed by atoms with Gasteiger partial charge in [0.25, 0.3) is 0 Å². The monoisotopic (exact) mass is 222 g/mol. The number of nitrogens with two attached hydrogens (primary N) is 1. The smallest absolute Gasteiger partial charge is 0.240 e. The molecular weight excluding hydrogens is 204 g/mol. The van der Waals surface area contributed by atoms with Gasteiger partial charge in [-0.25, -0.2) is 0 Å². The quantitative estimate of drug-likeness (QED) is 0.742. The molecule has 0 saturated carbocycles. The molecule has 0 spiro atoms. The van der Waals surface area contributed by atoms with Crippen molar-refractivity contribution in [2.75, 3.05) is 6.54 Å². The van der Waals surface area contributed by atoms with Crippen molar-refractivity contribution < 1.29 is 9.21 Å². The first-order chi connectivity index (χ1) is 7.69. The Morgan fingerprint density at radius 1 is 1.75 bits per heavy atom. The minimum absolute atomic E-state index is 0.0706. The van der Waals surface area contributed by atoms with Gasteiger partial charge in [0.1, 0.15) is 5.76 Å². The van der Waals surface area contributed by atoms with Gasteiger partial charge in [0.15, 0.2) is 0 Å². The van der Waals surface area contributed by atoms with Gasteiger partial charge in [-0.1, -0.05) is 6.08 Å². The fraction of sp³-hybridized carbons (Fsp3) is 0.417. The number of hydrogen-bond acceptors (Lipinski definition) is 3. The zero-order valence-corrected chi connectivity index (χ0v) is 9.56. The number of hydrogen-bond donors (Lipinski definition) is 1. The van der Waals surface area contributed by atoms with Crippen LogP contribution in [0.4, 0.5) is 0 Å². The molecule has 0 aliphatic rings. The maximum Gasteiger partial charge on any atom is 0.240 e. The van der Waals surface area contributed by atoms with E-state index in [4.69, 9.17) is 10.2 Å². The minimum atomic E-state index is -0.507. The molecule has 4 nitrogen and oxygen atoms in total. The van der Waals surface area contributed by atoms with Crippen LogP contribution in [-0.4, -0.2) is 23.4 Å². The van der Waals surface area contributed by atoms with Gasteiger partial charge in [-0.3, -0.25) is 4.79 Å². The summed E-state index contributed by atoms with van der Waals surface area (Å²) in [7, 11) is 0. The van der Waals surface area contributed by atoms with Crippen LogP contribution in [0.1, 0.15) is 19.1 Å².